The van der Waals surface area contributed by atoms with E-state index in [1.54, 1.807) is 18.2 Å². The molecule has 0 bridgehead atoms. The average Bonchev–Trinajstić information content (AvgIpc) is 3.36. The number of hydrogen-bond donors (Lipinski definition) is 1. The van der Waals surface area contributed by atoms with E-state index in [0.29, 0.717) is 52.8 Å². The molecule has 1 saturated heterocycles. The molecule has 4 rings (SSSR count). The van der Waals surface area contributed by atoms with Gasteiger partial charge >= 0.3 is 0 Å². The Morgan fingerprint density at radius 2 is 1.69 bits per heavy atom. The zero-order valence-electron chi connectivity index (χ0n) is 20.3. The molecule has 36 heavy (non-hydrogen) atoms. The lowest BCUT2D eigenvalue weighted by Gasteiger charge is -2.36. The van der Waals surface area contributed by atoms with Gasteiger partial charge in [0.05, 0.1) is 19.0 Å². The number of carbonyl (C=O) groups is 2. The molecule has 1 aromatic heterocycles. The molecule has 11 heteroatoms. The monoisotopic (exact) mass is 527 g/mol. The van der Waals surface area contributed by atoms with Crippen LogP contribution in [0.1, 0.15) is 24.2 Å². The van der Waals surface area contributed by atoms with E-state index >= 15 is 0 Å². The van der Waals surface area contributed by atoms with Gasteiger partial charge in [-0.05, 0) is 44.2 Å². The van der Waals surface area contributed by atoms with E-state index in [1.165, 1.54) is 28.8 Å². The predicted octanol–water partition coefficient (Wildman–Crippen LogP) is 4.03. The summed E-state index contributed by atoms with van der Waals surface area (Å²) in [6.45, 7) is 7.74. The van der Waals surface area contributed by atoms with Gasteiger partial charge in [0.15, 0.2) is 15.8 Å². The maximum atomic E-state index is 12.7. The van der Waals surface area contributed by atoms with Crippen LogP contribution in [0, 0.1) is 0 Å². The van der Waals surface area contributed by atoms with Crippen molar-refractivity contribution in [2.24, 2.45) is 0 Å². The number of anilines is 2. The Morgan fingerprint density at radius 3 is 2.42 bits per heavy atom. The first-order valence-corrected chi connectivity index (χ1v) is 13.6. The van der Waals surface area contributed by atoms with E-state index in [4.69, 9.17) is 9.47 Å². The third kappa shape index (κ3) is 6.67. The van der Waals surface area contributed by atoms with Crippen molar-refractivity contribution in [2.45, 2.75) is 18.2 Å². The Hall–Kier alpha value is -3.31. The number of nitrogens with zero attached hydrogens (tertiary/aromatic N) is 4. The van der Waals surface area contributed by atoms with Crippen LogP contribution in [-0.4, -0.2) is 72.1 Å². The van der Waals surface area contributed by atoms with Gasteiger partial charge in [0.2, 0.25) is 11.0 Å². The highest BCUT2D eigenvalue weighted by molar-refractivity contribution is 8.01. The zero-order chi connectivity index (χ0) is 25.3. The van der Waals surface area contributed by atoms with Crippen LogP contribution >= 0.6 is 23.1 Å². The highest BCUT2D eigenvalue weighted by Crippen LogP contribution is 2.30. The molecule has 2 aromatic carbocycles. The number of amides is 2. The van der Waals surface area contributed by atoms with Crippen LogP contribution in [0.15, 0.2) is 52.9 Å². The van der Waals surface area contributed by atoms with Crippen molar-refractivity contribution in [1.82, 2.24) is 15.1 Å². The summed E-state index contributed by atoms with van der Waals surface area (Å²) in [5, 5.41) is 11.3. The molecule has 9 nitrogen and oxygen atoms in total. The lowest BCUT2D eigenvalue weighted by molar-refractivity contribution is -0.128. The number of benzene rings is 2. The summed E-state index contributed by atoms with van der Waals surface area (Å²) < 4.78 is 11.8. The van der Waals surface area contributed by atoms with Gasteiger partial charge in [-0.25, -0.2) is 0 Å². The molecule has 1 aliphatic heterocycles. The van der Waals surface area contributed by atoms with Crippen LogP contribution in [0.5, 0.6) is 11.5 Å². The fourth-order valence-electron chi connectivity index (χ4n) is 3.75. The van der Waals surface area contributed by atoms with Crippen molar-refractivity contribution in [1.29, 1.82) is 0 Å². The maximum absolute atomic E-state index is 12.7. The smallest absolute Gasteiger partial charge is 0.257 e. The Bertz CT molecular complexity index is 1170. The lowest BCUT2D eigenvalue weighted by atomic mass is 10.2. The topological polar surface area (TPSA) is 96.9 Å². The van der Waals surface area contributed by atoms with E-state index in [2.05, 4.69) is 32.5 Å². The van der Waals surface area contributed by atoms with Gasteiger partial charge in [0.25, 0.3) is 5.91 Å². The highest BCUT2D eigenvalue weighted by Gasteiger charge is 2.22. The number of ether oxygens (including phenoxy) is 2. The first-order valence-electron chi connectivity index (χ1n) is 11.8. The van der Waals surface area contributed by atoms with Crippen LogP contribution in [-0.2, 0) is 4.79 Å². The summed E-state index contributed by atoms with van der Waals surface area (Å²) in [6.07, 6.45) is 0. The Kier molecular flexibility index (Phi) is 9.01. The summed E-state index contributed by atoms with van der Waals surface area (Å²) in [4.78, 5) is 29.6. The van der Waals surface area contributed by atoms with Crippen molar-refractivity contribution in [3.8, 4) is 11.5 Å². The van der Waals surface area contributed by atoms with E-state index in [1.807, 2.05) is 36.9 Å². The number of hydrogen-bond acceptors (Lipinski definition) is 9. The molecule has 3 aromatic rings. The first-order chi connectivity index (χ1) is 17.6. The summed E-state index contributed by atoms with van der Waals surface area (Å²) in [6, 6.07) is 15.3. The van der Waals surface area contributed by atoms with Gasteiger partial charge in [-0.15, -0.1) is 10.2 Å². The first kappa shape index (κ1) is 25.8. The largest absolute Gasteiger partial charge is 0.490 e. The van der Waals surface area contributed by atoms with Crippen molar-refractivity contribution >= 4 is 45.7 Å². The lowest BCUT2D eigenvalue weighted by Crippen LogP contribution is -2.49. The Balaban J connectivity index is 1.26. The second-order valence-electron chi connectivity index (χ2n) is 7.85. The molecule has 1 fully saturated rings. The molecule has 0 atom stereocenters. The quantitative estimate of drug-likeness (QED) is 0.312. The van der Waals surface area contributed by atoms with E-state index in [-0.39, 0.29) is 17.6 Å². The number of nitrogens with one attached hydrogen (secondary N) is 1. The van der Waals surface area contributed by atoms with Crippen molar-refractivity contribution in [3.63, 3.8) is 0 Å². The second-order valence-corrected chi connectivity index (χ2v) is 10.0. The van der Waals surface area contributed by atoms with E-state index < -0.39 is 0 Å². The summed E-state index contributed by atoms with van der Waals surface area (Å²) in [5.41, 5.74) is 1.61. The average molecular weight is 528 g/mol. The van der Waals surface area contributed by atoms with Crippen molar-refractivity contribution < 1.29 is 19.1 Å². The number of aromatic nitrogens is 2. The number of thioether (sulfide) groups is 1. The molecule has 0 aliphatic carbocycles. The third-order valence-electron chi connectivity index (χ3n) is 5.51. The molecule has 0 spiro atoms. The van der Waals surface area contributed by atoms with E-state index in [0.717, 1.165) is 13.1 Å². The minimum Gasteiger partial charge on any atom is -0.490 e. The fraction of sp³-hybridized carbons (Fsp3) is 0.360. The maximum Gasteiger partial charge on any atom is 0.257 e. The SMILES string of the molecule is CCOc1ccc(C(=O)Nc2nnc(SCC(=O)N3CCN(c4ccccc4)CC3)s2)cc1OCC. The van der Waals surface area contributed by atoms with Crippen LogP contribution < -0.4 is 19.7 Å². The van der Waals surface area contributed by atoms with Crippen molar-refractivity contribution in [3.05, 3.63) is 54.1 Å². The number of carbonyl (C=O) groups excluding carboxylic acids is 2. The molecule has 1 N–H and O–H groups in total. The molecule has 2 amide bonds. The molecule has 0 saturated carbocycles. The van der Waals surface area contributed by atoms with Gasteiger partial charge in [0, 0.05) is 37.4 Å². The zero-order valence-corrected chi connectivity index (χ0v) is 21.9. The van der Waals surface area contributed by atoms with Gasteiger partial charge in [-0.1, -0.05) is 41.3 Å². The molecule has 0 radical (unpaired) electrons. The normalized spacial score (nSPS) is 13.4. The molecule has 190 valence electrons. The Morgan fingerprint density at radius 1 is 0.972 bits per heavy atom. The fourth-order valence-corrected chi connectivity index (χ4v) is 5.40. The number of piperazine rings is 1. The van der Waals surface area contributed by atoms with Gasteiger partial charge in [0.1, 0.15) is 0 Å². The molecular weight excluding hydrogens is 498 g/mol. The van der Waals surface area contributed by atoms with Crippen LogP contribution in [0.25, 0.3) is 0 Å². The number of para-hydroxylation sites is 1. The van der Waals surface area contributed by atoms with Gasteiger partial charge < -0.3 is 19.3 Å². The van der Waals surface area contributed by atoms with Crippen LogP contribution in [0.2, 0.25) is 0 Å². The van der Waals surface area contributed by atoms with Gasteiger partial charge in [-0.3, -0.25) is 14.9 Å². The van der Waals surface area contributed by atoms with E-state index in [9.17, 15) is 9.59 Å². The number of rotatable bonds is 10. The molecular formula is C25H29N5O4S2. The van der Waals surface area contributed by atoms with Crippen LogP contribution in [0.3, 0.4) is 0 Å². The minimum absolute atomic E-state index is 0.0753. The molecule has 1 aliphatic rings. The summed E-state index contributed by atoms with van der Waals surface area (Å²) in [7, 11) is 0. The summed E-state index contributed by atoms with van der Waals surface area (Å²) in [5.74, 6) is 1.15. The molecule has 0 unspecified atom stereocenters. The van der Waals surface area contributed by atoms with Gasteiger partial charge in [-0.2, -0.15) is 0 Å². The summed E-state index contributed by atoms with van der Waals surface area (Å²) >= 11 is 2.57. The predicted molar refractivity (Wildman–Crippen MR) is 143 cm³/mol. The third-order valence-corrected chi connectivity index (χ3v) is 7.46. The second kappa shape index (κ2) is 12.6. The molecule has 2 heterocycles. The van der Waals surface area contributed by atoms with Crippen molar-refractivity contribution in [2.75, 3.05) is 55.4 Å². The standard InChI is InChI=1S/C25H29N5O4S2/c1-3-33-20-11-10-18(16-21(20)34-4-2)23(32)26-24-27-28-25(36-24)35-17-22(31)30-14-12-29(13-15-30)19-8-6-5-7-9-19/h5-11,16H,3-4,12-15,17H2,1-2H3,(H,26,27,32). The highest BCUT2D eigenvalue weighted by atomic mass is 32.2. The Labute approximate surface area is 218 Å². The van der Waals surface area contributed by atoms with Crippen LogP contribution in [0.4, 0.5) is 10.8 Å². The minimum atomic E-state index is -0.320.